The zero-order valence-corrected chi connectivity index (χ0v) is 14.1. The van der Waals surface area contributed by atoms with Gasteiger partial charge in [0.15, 0.2) is 0 Å². The molecule has 4 nitrogen and oxygen atoms in total. The summed E-state index contributed by atoms with van der Waals surface area (Å²) in [7, 11) is 0. The van der Waals surface area contributed by atoms with Crippen LogP contribution in [-0.2, 0) is 19.6 Å². The van der Waals surface area contributed by atoms with Gasteiger partial charge in [0.2, 0.25) is 5.79 Å². The molecule has 0 aliphatic rings. The molecule has 0 aliphatic heterocycles. The third-order valence-corrected chi connectivity index (χ3v) is 2.11. The summed E-state index contributed by atoms with van der Waals surface area (Å²) in [4.78, 5) is 21.8. The molecule has 0 fully saturated rings. The van der Waals surface area contributed by atoms with E-state index in [-0.39, 0.29) is 11.2 Å². The molecular formula is C15H32O4. The number of rotatable bonds is 7. The summed E-state index contributed by atoms with van der Waals surface area (Å²) in [6.45, 7) is 17.8. The van der Waals surface area contributed by atoms with Crippen molar-refractivity contribution in [2.75, 3.05) is 0 Å². The molecule has 0 aliphatic carbocycles. The minimum Gasteiger partial charge on any atom is -0.228 e. The predicted molar refractivity (Wildman–Crippen MR) is 76.3 cm³/mol. The van der Waals surface area contributed by atoms with E-state index in [1.165, 1.54) is 0 Å². The maximum atomic E-state index is 5.49. The molecule has 0 atom stereocenters. The fourth-order valence-corrected chi connectivity index (χ4v) is 1.07. The summed E-state index contributed by atoms with van der Waals surface area (Å²) in [6, 6.07) is 0. The van der Waals surface area contributed by atoms with Crippen LogP contribution in [-0.4, -0.2) is 17.0 Å². The first-order valence-corrected chi connectivity index (χ1v) is 7.07. The smallest absolute Gasteiger partial charge is 0.228 e. The summed E-state index contributed by atoms with van der Waals surface area (Å²) >= 11 is 0. The first-order valence-electron chi connectivity index (χ1n) is 7.07. The SMILES string of the molecule is CC(C)CCC(C)(OOC(C)(C)C)OOC(C)(C)C. The summed E-state index contributed by atoms with van der Waals surface area (Å²) < 4.78 is 0. The fourth-order valence-electron chi connectivity index (χ4n) is 1.07. The van der Waals surface area contributed by atoms with Crippen molar-refractivity contribution in [3.63, 3.8) is 0 Å². The molecule has 0 radical (unpaired) electrons. The van der Waals surface area contributed by atoms with Gasteiger partial charge in [-0.05, 0) is 60.8 Å². The first-order chi connectivity index (χ1) is 8.33. The van der Waals surface area contributed by atoms with Crippen molar-refractivity contribution in [2.45, 2.75) is 92.1 Å². The van der Waals surface area contributed by atoms with Crippen LogP contribution in [0.2, 0.25) is 0 Å². The molecule has 0 amide bonds. The lowest BCUT2D eigenvalue weighted by Crippen LogP contribution is -2.38. The van der Waals surface area contributed by atoms with Crippen LogP contribution in [0.5, 0.6) is 0 Å². The topological polar surface area (TPSA) is 36.9 Å². The second-order valence-electron chi connectivity index (χ2n) is 7.62. The van der Waals surface area contributed by atoms with Crippen LogP contribution in [0.15, 0.2) is 0 Å². The van der Waals surface area contributed by atoms with Gasteiger partial charge >= 0.3 is 0 Å². The molecule has 0 unspecified atom stereocenters. The maximum absolute atomic E-state index is 5.49. The number of hydrogen-bond donors (Lipinski definition) is 0. The van der Waals surface area contributed by atoms with Crippen LogP contribution in [0.1, 0.15) is 75.2 Å². The van der Waals surface area contributed by atoms with Crippen molar-refractivity contribution < 1.29 is 19.6 Å². The van der Waals surface area contributed by atoms with E-state index in [0.717, 1.165) is 6.42 Å². The van der Waals surface area contributed by atoms with Crippen molar-refractivity contribution in [2.24, 2.45) is 5.92 Å². The summed E-state index contributed by atoms with van der Waals surface area (Å²) in [5, 5.41) is 0. The quantitative estimate of drug-likeness (QED) is 0.386. The molecule has 0 saturated carbocycles. The molecular weight excluding hydrogens is 244 g/mol. The Bertz CT molecular complexity index is 230. The van der Waals surface area contributed by atoms with E-state index in [1.807, 2.05) is 48.5 Å². The first kappa shape index (κ1) is 18.8. The second kappa shape index (κ2) is 7.02. The summed E-state index contributed by atoms with van der Waals surface area (Å²) in [5.41, 5.74) is -0.769. The Morgan fingerprint density at radius 2 is 1.05 bits per heavy atom. The zero-order chi connectivity index (χ0) is 15.3. The maximum Gasteiger partial charge on any atom is 0.231 e. The average molecular weight is 276 g/mol. The third kappa shape index (κ3) is 11.4. The van der Waals surface area contributed by atoms with Gasteiger partial charge in [0.05, 0.1) is 11.2 Å². The Kier molecular flexibility index (Phi) is 6.96. The third-order valence-electron chi connectivity index (χ3n) is 2.11. The van der Waals surface area contributed by atoms with Gasteiger partial charge in [-0.2, -0.15) is 9.78 Å². The Morgan fingerprint density at radius 1 is 0.684 bits per heavy atom. The van der Waals surface area contributed by atoms with Gasteiger partial charge in [0.25, 0.3) is 0 Å². The molecule has 4 heteroatoms. The zero-order valence-electron chi connectivity index (χ0n) is 14.1. The Labute approximate surface area is 118 Å². The molecule has 0 aromatic heterocycles. The highest BCUT2D eigenvalue weighted by Crippen LogP contribution is 2.27. The van der Waals surface area contributed by atoms with Crippen LogP contribution in [0.4, 0.5) is 0 Å². The number of hydrogen-bond acceptors (Lipinski definition) is 4. The van der Waals surface area contributed by atoms with E-state index in [9.17, 15) is 0 Å². The van der Waals surface area contributed by atoms with E-state index < -0.39 is 5.79 Å². The van der Waals surface area contributed by atoms with Crippen LogP contribution < -0.4 is 0 Å². The van der Waals surface area contributed by atoms with Gasteiger partial charge in [-0.3, -0.25) is 0 Å². The van der Waals surface area contributed by atoms with Crippen LogP contribution in [0.3, 0.4) is 0 Å². The van der Waals surface area contributed by atoms with Crippen molar-refractivity contribution in [1.29, 1.82) is 0 Å². The fraction of sp³-hybridized carbons (Fsp3) is 1.00. The normalized spacial score (nSPS) is 14.2. The van der Waals surface area contributed by atoms with E-state index in [4.69, 9.17) is 19.6 Å². The molecule has 0 spiro atoms. The summed E-state index contributed by atoms with van der Waals surface area (Å²) in [6.07, 6.45) is 1.67. The molecule has 0 saturated heterocycles. The Hall–Kier alpha value is -0.160. The Morgan fingerprint density at radius 3 is 1.32 bits per heavy atom. The molecule has 0 bridgehead atoms. The minimum absolute atomic E-state index is 0.385. The molecule has 116 valence electrons. The van der Waals surface area contributed by atoms with Crippen LogP contribution in [0.25, 0.3) is 0 Å². The highest BCUT2D eigenvalue weighted by Gasteiger charge is 2.33. The molecule has 0 rings (SSSR count). The van der Waals surface area contributed by atoms with E-state index in [0.29, 0.717) is 12.3 Å². The molecule has 0 aromatic rings. The van der Waals surface area contributed by atoms with Crippen molar-refractivity contribution >= 4 is 0 Å². The van der Waals surface area contributed by atoms with E-state index >= 15 is 0 Å². The lowest BCUT2D eigenvalue weighted by molar-refractivity contribution is -0.537. The lowest BCUT2D eigenvalue weighted by Gasteiger charge is -2.33. The highest BCUT2D eigenvalue weighted by atomic mass is 17.3. The van der Waals surface area contributed by atoms with Gasteiger partial charge in [-0.1, -0.05) is 13.8 Å². The highest BCUT2D eigenvalue weighted by molar-refractivity contribution is 4.64. The van der Waals surface area contributed by atoms with Gasteiger partial charge < -0.3 is 0 Å². The molecule has 0 aromatic carbocycles. The van der Waals surface area contributed by atoms with Gasteiger partial charge in [-0.25, -0.2) is 9.78 Å². The summed E-state index contributed by atoms with van der Waals surface area (Å²) in [5.74, 6) is -0.332. The van der Waals surface area contributed by atoms with Crippen LogP contribution in [0, 0.1) is 5.92 Å². The second-order valence-corrected chi connectivity index (χ2v) is 7.62. The van der Waals surface area contributed by atoms with Crippen LogP contribution >= 0.6 is 0 Å². The van der Waals surface area contributed by atoms with Crippen molar-refractivity contribution in [3.05, 3.63) is 0 Å². The standard InChI is InChI=1S/C15H32O4/c1-12(2)10-11-15(9,18-16-13(3,4)5)19-17-14(6,7)8/h12H,10-11H2,1-9H3. The Balaban J connectivity index is 4.52. The monoisotopic (exact) mass is 276 g/mol. The van der Waals surface area contributed by atoms with Gasteiger partial charge in [0.1, 0.15) is 0 Å². The largest absolute Gasteiger partial charge is 0.231 e. The molecule has 19 heavy (non-hydrogen) atoms. The van der Waals surface area contributed by atoms with Crippen molar-refractivity contribution in [3.8, 4) is 0 Å². The predicted octanol–water partition coefficient (Wildman–Crippen LogP) is 4.63. The average Bonchev–Trinajstić information content (AvgIpc) is 2.19. The van der Waals surface area contributed by atoms with Gasteiger partial charge in [0, 0.05) is 6.42 Å². The van der Waals surface area contributed by atoms with E-state index in [1.54, 1.807) is 0 Å². The van der Waals surface area contributed by atoms with E-state index in [2.05, 4.69) is 13.8 Å². The van der Waals surface area contributed by atoms with Gasteiger partial charge in [-0.15, -0.1) is 0 Å². The van der Waals surface area contributed by atoms with Crippen molar-refractivity contribution in [1.82, 2.24) is 0 Å². The molecule has 0 N–H and O–H groups in total. The minimum atomic E-state index is -0.898. The molecule has 0 heterocycles. The lowest BCUT2D eigenvalue weighted by atomic mass is 10.0.